The van der Waals surface area contributed by atoms with E-state index in [-0.39, 0.29) is 25.9 Å². The number of esters is 4. The van der Waals surface area contributed by atoms with Crippen LogP contribution in [0.25, 0.3) is 5.57 Å². The quantitative estimate of drug-likeness (QED) is 0.282. The van der Waals surface area contributed by atoms with Gasteiger partial charge in [-0.05, 0) is 69.2 Å². The third-order valence-electron chi connectivity index (χ3n) is 8.03. The van der Waals surface area contributed by atoms with Crippen LogP contribution < -0.4 is 4.90 Å². The summed E-state index contributed by atoms with van der Waals surface area (Å²) in [5, 5.41) is 0. The molecule has 5 rings (SSSR count). The Morgan fingerprint density at radius 3 is 1.81 bits per heavy atom. The zero-order valence-corrected chi connectivity index (χ0v) is 29.1. The highest BCUT2D eigenvalue weighted by atomic mass is 32.2. The second kappa shape index (κ2) is 12.5. The lowest BCUT2D eigenvalue weighted by Crippen LogP contribution is -2.54. The fraction of sp³-hybridized carbons (Fsp3) is 0.303. The fourth-order valence-electron chi connectivity index (χ4n) is 5.69. The van der Waals surface area contributed by atoms with Crippen LogP contribution in [-0.4, -0.2) is 67.8 Å². The predicted molar refractivity (Wildman–Crippen MR) is 178 cm³/mol. The molecule has 3 aliphatic rings. The number of thioether (sulfide) groups is 3. The third kappa shape index (κ3) is 5.35. The molecule has 0 saturated carbocycles. The van der Waals surface area contributed by atoms with Gasteiger partial charge in [0.05, 0.1) is 45.2 Å². The molecule has 14 heteroatoms. The number of halogens is 1. The van der Waals surface area contributed by atoms with Crippen LogP contribution in [0.3, 0.4) is 0 Å². The van der Waals surface area contributed by atoms with Gasteiger partial charge in [-0.15, -0.1) is 0 Å². The number of rotatable bonds is 5. The zero-order valence-electron chi connectivity index (χ0n) is 26.7. The van der Waals surface area contributed by atoms with Crippen LogP contribution in [-0.2, 0) is 38.1 Å². The van der Waals surface area contributed by atoms with E-state index in [4.69, 9.17) is 18.9 Å². The van der Waals surface area contributed by atoms with Gasteiger partial charge < -0.3 is 18.9 Å². The van der Waals surface area contributed by atoms with Crippen LogP contribution in [0.2, 0.25) is 0 Å². The van der Waals surface area contributed by atoms with Crippen molar-refractivity contribution in [2.75, 3.05) is 33.3 Å². The lowest BCUT2D eigenvalue weighted by molar-refractivity contribution is -0.138. The maximum absolute atomic E-state index is 14.4. The minimum Gasteiger partial charge on any atom is -0.466 e. The number of amides is 1. The maximum Gasteiger partial charge on any atom is 0.345 e. The van der Waals surface area contributed by atoms with Crippen molar-refractivity contribution in [2.24, 2.45) is 0 Å². The van der Waals surface area contributed by atoms with E-state index < -0.39 is 45.2 Å². The van der Waals surface area contributed by atoms with E-state index in [9.17, 15) is 28.4 Å². The molecule has 0 radical (unpaired) electrons. The Kier molecular flexibility index (Phi) is 9.16. The van der Waals surface area contributed by atoms with Crippen molar-refractivity contribution < 1.29 is 47.3 Å². The summed E-state index contributed by atoms with van der Waals surface area (Å²) in [6, 6.07) is 9.00. The Labute approximate surface area is 283 Å². The second-order valence-corrected chi connectivity index (χ2v) is 14.8. The molecule has 0 aliphatic carbocycles. The molecule has 2 aromatic rings. The van der Waals surface area contributed by atoms with Gasteiger partial charge in [-0.25, -0.2) is 23.6 Å². The van der Waals surface area contributed by atoms with Gasteiger partial charge in [-0.3, -0.25) is 9.69 Å². The lowest BCUT2D eigenvalue weighted by atomic mass is 9.82. The van der Waals surface area contributed by atoms with Crippen molar-refractivity contribution in [3.05, 3.63) is 89.7 Å². The average Bonchev–Trinajstić information content (AvgIpc) is 3.44. The molecule has 10 nitrogen and oxygen atoms in total. The highest BCUT2D eigenvalue weighted by molar-refractivity contribution is 8.26. The second-order valence-electron chi connectivity index (χ2n) is 11.1. The molecular formula is C33H30FNO9S3. The molecule has 3 aliphatic heterocycles. The summed E-state index contributed by atoms with van der Waals surface area (Å²) < 4.78 is 33.1. The highest BCUT2D eigenvalue weighted by Crippen LogP contribution is 2.71. The van der Waals surface area contributed by atoms with E-state index in [2.05, 4.69) is 0 Å². The average molecular weight is 700 g/mol. The predicted octanol–water partition coefficient (Wildman–Crippen LogP) is 5.67. The van der Waals surface area contributed by atoms with E-state index in [1.165, 1.54) is 23.1 Å². The molecule has 246 valence electrons. The topological polar surface area (TPSA) is 126 Å². The standard InChI is InChI=1S/C33H30FNO9S3/c1-15-12-19-20(13-16(15)2)35(27(36)17-10-9-11-18(34)14-17)32(3,4)26-21(19)33(22(28(37)41-5)23(45-26)29(38)42-6)46-24(30(39)43-7)25(47-33)31(40)44-8/h9-14H,1-8H3. The van der Waals surface area contributed by atoms with Gasteiger partial charge in [0, 0.05) is 21.6 Å². The van der Waals surface area contributed by atoms with E-state index >= 15 is 0 Å². The van der Waals surface area contributed by atoms with Gasteiger partial charge in [0.1, 0.15) is 24.6 Å². The van der Waals surface area contributed by atoms with Gasteiger partial charge in [0.15, 0.2) is 0 Å². The first-order chi connectivity index (χ1) is 22.2. The van der Waals surface area contributed by atoms with Crippen LogP contribution in [0.1, 0.15) is 40.9 Å². The molecule has 0 saturated heterocycles. The monoisotopic (exact) mass is 699 g/mol. The number of hydrogen-bond donors (Lipinski definition) is 0. The van der Waals surface area contributed by atoms with E-state index in [0.29, 0.717) is 21.7 Å². The molecule has 0 N–H and O–H groups in total. The Bertz CT molecular complexity index is 1850. The molecule has 0 bridgehead atoms. The summed E-state index contributed by atoms with van der Waals surface area (Å²) in [5.41, 5.74) is 1.71. The molecule has 1 amide bonds. The number of ether oxygens (including phenoxy) is 4. The highest BCUT2D eigenvalue weighted by Gasteiger charge is 2.62. The number of hydrogen-bond acceptors (Lipinski definition) is 12. The van der Waals surface area contributed by atoms with Crippen molar-refractivity contribution in [3.8, 4) is 0 Å². The normalized spacial score (nSPS) is 17.7. The smallest absolute Gasteiger partial charge is 0.345 e. The van der Waals surface area contributed by atoms with E-state index in [1.54, 1.807) is 13.8 Å². The van der Waals surface area contributed by atoms with Crippen molar-refractivity contribution in [3.63, 3.8) is 0 Å². The molecule has 3 heterocycles. The van der Waals surface area contributed by atoms with Crippen molar-refractivity contribution in [1.82, 2.24) is 0 Å². The third-order valence-corrected chi connectivity index (χ3v) is 12.7. The summed E-state index contributed by atoms with van der Waals surface area (Å²) in [7, 11) is 4.61. The van der Waals surface area contributed by atoms with Crippen molar-refractivity contribution >= 4 is 76.3 Å². The number of carbonyl (C=O) groups is 5. The summed E-state index contributed by atoms with van der Waals surface area (Å²) >= 11 is 2.62. The molecule has 1 spiro atoms. The maximum atomic E-state index is 14.4. The van der Waals surface area contributed by atoms with Crippen LogP contribution in [0, 0.1) is 19.7 Å². The minimum atomic E-state index is -1.70. The minimum absolute atomic E-state index is 0.0908. The summed E-state index contributed by atoms with van der Waals surface area (Å²) in [6.45, 7) is 7.27. The van der Waals surface area contributed by atoms with Crippen LogP contribution in [0.15, 0.2) is 61.6 Å². The van der Waals surface area contributed by atoms with Crippen molar-refractivity contribution in [2.45, 2.75) is 37.3 Å². The molecule has 0 atom stereocenters. The van der Waals surface area contributed by atoms with Gasteiger partial charge in [-0.1, -0.05) is 41.4 Å². The van der Waals surface area contributed by atoms with Gasteiger partial charge in [0.2, 0.25) is 0 Å². The molecule has 0 unspecified atom stereocenters. The molecule has 2 aromatic carbocycles. The first-order valence-corrected chi connectivity index (χ1v) is 16.5. The number of aryl methyl sites for hydroxylation is 2. The Balaban J connectivity index is 1.92. The zero-order chi connectivity index (χ0) is 34.6. The van der Waals surface area contributed by atoms with E-state index in [1.807, 2.05) is 26.0 Å². The molecule has 47 heavy (non-hydrogen) atoms. The molecular weight excluding hydrogens is 670 g/mol. The molecule has 0 aromatic heterocycles. The Hall–Kier alpha value is -4.01. The van der Waals surface area contributed by atoms with Crippen LogP contribution in [0.4, 0.5) is 10.1 Å². The largest absolute Gasteiger partial charge is 0.466 e. The number of anilines is 1. The van der Waals surface area contributed by atoms with Crippen molar-refractivity contribution in [1.29, 1.82) is 0 Å². The Morgan fingerprint density at radius 2 is 1.28 bits per heavy atom. The summed E-state index contributed by atoms with van der Waals surface area (Å²) in [5.74, 6) is -4.60. The number of benzene rings is 2. The lowest BCUT2D eigenvalue weighted by Gasteiger charge is -2.51. The summed E-state index contributed by atoms with van der Waals surface area (Å²) in [6.07, 6.45) is 0. The van der Waals surface area contributed by atoms with Gasteiger partial charge >= 0.3 is 23.9 Å². The number of methoxy groups -OCH3 is 4. The van der Waals surface area contributed by atoms with Gasteiger partial charge in [-0.2, -0.15) is 0 Å². The first-order valence-electron chi connectivity index (χ1n) is 14.0. The molecule has 0 fully saturated rings. The van der Waals surface area contributed by atoms with E-state index in [0.717, 1.165) is 80.9 Å². The number of carbonyl (C=O) groups excluding carboxylic acids is 5. The summed E-state index contributed by atoms with van der Waals surface area (Å²) in [4.78, 5) is 69.6. The van der Waals surface area contributed by atoms with Crippen LogP contribution >= 0.6 is 35.3 Å². The first kappa shape index (κ1) is 34.3. The number of fused-ring (bicyclic) bond motifs is 3. The van der Waals surface area contributed by atoms with Gasteiger partial charge in [0.25, 0.3) is 5.91 Å². The SMILES string of the molecule is COC(=O)C1=C(C(=O)OC)SC2(S1)C(C(=O)OC)=C(C(=O)OC)SC1=C2c2cc(C)c(C)cc2N(C(=O)c2cccc(F)c2)C1(C)C. The fourth-order valence-corrected chi connectivity index (χ4v) is 10.7. The Morgan fingerprint density at radius 1 is 0.745 bits per heavy atom. The van der Waals surface area contributed by atoms with Crippen LogP contribution in [0.5, 0.6) is 0 Å². The number of nitrogens with zero attached hydrogens (tertiary/aromatic N) is 1.